The summed E-state index contributed by atoms with van der Waals surface area (Å²) in [5.41, 5.74) is 5.03. The molecule has 3 aliphatic heterocycles. The van der Waals surface area contributed by atoms with Crippen molar-refractivity contribution < 1.29 is 4.79 Å². The molecule has 0 bridgehead atoms. The summed E-state index contributed by atoms with van der Waals surface area (Å²) in [5, 5.41) is 6.56. The average molecular weight is 565 g/mol. The summed E-state index contributed by atoms with van der Waals surface area (Å²) in [4.78, 5) is 34.6. The predicted molar refractivity (Wildman–Crippen MR) is 165 cm³/mol. The molecule has 3 fully saturated rings. The van der Waals surface area contributed by atoms with Gasteiger partial charge in [-0.15, -0.1) is 0 Å². The number of likely N-dealkylation sites (tertiary alicyclic amines) is 2. The number of carbonyl (C=O) groups excluding carboxylic acids is 1. The number of aryl methyl sites for hydroxylation is 1. The van der Waals surface area contributed by atoms with Crippen LogP contribution in [0.5, 0.6) is 0 Å². The fourth-order valence-corrected chi connectivity index (χ4v) is 6.89. The van der Waals surface area contributed by atoms with Gasteiger partial charge < -0.3 is 9.80 Å². The van der Waals surface area contributed by atoms with Crippen molar-refractivity contribution in [3.05, 3.63) is 66.0 Å². The highest BCUT2D eigenvalue weighted by Gasteiger charge is 2.44. The number of nitrogens with zero attached hydrogens (tertiary/aromatic N) is 8. The van der Waals surface area contributed by atoms with Gasteiger partial charge in [-0.2, -0.15) is 5.10 Å². The molecule has 4 aromatic heterocycles. The lowest BCUT2D eigenvalue weighted by atomic mass is 9.72. The Labute approximate surface area is 247 Å². The lowest BCUT2D eigenvalue weighted by Crippen LogP contribution is -2.60. The van der Waals surface area contributed by atoms with E-state index in [2.05, 4.69) is 42.9 Å². The van der Waals surface area contributed by atoms with E-state index in [1.165, 1.54) is 37.8 Å². The first-order valence-electron chi connectivity index (χ1n) is 15.4. The standard InChI is InChI=1S/C33H40N8O/c1-38-12-7-33(8-13-38)22-41(23-33)32-16-24(6-9-34-32)31(42)17-27-14-25-15-29(36-19-26(25)18-35-27)28-20-37-39(2)30(28)21-40-10-4-3-5-11-40/h6,9,14-16,18-20H,3-5,7-8,10-13,17,21-23H2,1-2H3. The largest absolute Gasteiger partial charge is 0.355 e. The molecule has 0 amide bonds. The zero-order valence-corrected chi connectivity index (χ0v) is 24.8. The van der Waals surface area contributed by atoms with Crippen molar-refractivity contribution in [2.24, 2.45) is 12.5 Å². The fraction of sp³-hybridized carbons (Fsp3) is 0.485. The average Bonchev–Trinajstić information content (AvgIpc) is 3.36. The fourth-order valence-electron chi connectivity index (χ4n) is 6.89. The molecule has 3 aliphatic rings. The van der Waals surface area contributed by atoms with Crippen LogP contribution in [0.2, 0.25) is 0 Å². The van der Waals surface area contributed by atoms with Crippen molar-refractivity contribution in [2.75, 3.05) is 51.2 Å². The Morgan fingerprint density at radius 2 is 1.67 bits per heavy atom. The Morgan fingerprint density at radius 1 is 0.881 bits per heavy atom. The predicted octanol–water partition coefficient (Wildman–Crippen LogP) is 4.37. The topological polar surface area (TPSA) is 83.3 Å². The van der Waals surface area contributed by atoms with Crippen LogP contribution < -0.4 is 4.90 Å². The zero-order chi connectivity index (χ0) is 28.7. The molecule has 9 heteroatoms. The van der Waals surface area contributed by atoms with Gasteiger partial charge in [0.05, 0.1) is 24.0 Å². The van der Waals surface area contributed by atoms with Gasteiger partial charge in [0, 0.05) is 72.9 Å². The van der Waals surface area contributed by atoms with Crippen LogP contribution in [0.3, 0.4) is 0 Å². The van der Waals surface area contributed by atoms with Gasteiger partial charge in [0.15, 0.2) is 5.78 Å². The zero-order valence-electron chi connectivity index (χ0n) is 24.8. The van der Waals surface area contributed by atoms with E-state index < -0.39 is 0 Å². The Hall–Kier alpha value is -3.69. The van der Waals surface area contributed by atoms with E-state index in [-0.39, 0.29) is 12.2 Å². The van der Waals surface area contributed by atoms with Gasteiger partial charge >= 0.3 is 0 Å². The van der Waals surface area contributed by atoms with Crippen molar-refractivity contribution in [1.29, 1.82) is 0 Å². The second kappa shape index (κ2) is 11.2. The first-order chi connectivity index (χ1) is 20.4. The lowest BCUT2D eigenvalue weighted by Gasteiger charge is -2.54. The van der Waals surface area contributed by atoms with E-state index in [9.17, 15) is 4.79 Å². The molecular formula is C33H40N8O. The van der Waals surface area contributed by atoms with Gasteiger partial charge in [-0.25, -0.2) is 4.98 Å². The Morgan fingerprint density at radius 3 is 2.48 bits per heavy atom. The second-order valence-electron chi connectivity index (χ2n) is 12.7. The minimum absolute atomic E-state index is 0.0605. The third-order valence-electron chi connectivity index (χ3n) is 9.65. The molecule has 1 spiro atoms. The molecule has 0 unspecified atom stereocenters. The summed E-state index contributed by atoms with van der Waals surface area (Å²) in [7, 11) is 4.21. The molecule has 7 heterocycles. The quantitative estimate of drug-likeness (QED) is 0.306. The van der Waals surface area contributed by atoms with Crippen LogP contribution in [-0.4, -0.2) is 86.6 Å². The maximum absolute atomic E-state index is 13.4. The molecule has 0 N–H and O–H groups in total. The Bertz CT molecular complexity index is 1590. The number of hydrogen-bond acceptors (Lipinski definition) is 8. The van der Waals surface area contributed by atoms with E-state index in [1.54, 1.807) is 6.20 Å². The van der Waals surface area contributed by atoms with E-state index >= 15 is 0 Å². The maximum atomic E-state index is 13.4. The SMILES string of the molecule is CN1CCC2(CC1)CN(c1cc(C(=O)Cc3cc4cc(-c5cnn(C)c5CN5CCCCC5)ncc4cn3)ccn1)C2. The Balaban J connectivity index is 1.06. The van der Waals surface area contributed by atoms with E-state index in [0.717, 1.165) is 79.4 Å². The van der Waals surface area contributed by atoms with Crippen LogP contribution in [0.25, 0.3) is 22.0 Å². The molecule has 218 valence electrons. The summed E-state index contributed by atoms with van der Waals surface area (Å²) >= 11 is 0. The minimum atomic E-state index is 0.0605. The molecule has 4 aromatic rings. The highest BCUT2D eigenvalue weighted by atomic mass is 16.1. The number of hydrogen-bond donors (Lipinski definition) is 0. The van der Waals surface area contributed by atoms with Gasteiger partial charge in [0.2, 0.25) is 0 Å². The van der Waals surface area contributed by atoms with Gasteiger partial charge in [-0.1, -0.05) is 6.42 Å². The van der Waals surface area contributed by atoms with E-state index in [0.29, 0.717) is 11.0 Å². The molecule has 0 radical (unpaired) electrons. The van der Waals surface area contributed by atoms with Crippen molar-refractivity contribution in [1.82, 2.24) is 34.5 Å². The third kappa shape index (κ3) is 5.43. The number of ketones is 1. The summed E-state index contributed by atoms with van der Waals surface area (Å²) in [6.07, 6.45) is 14.0. The van der Waals surface area contributed by atoms with Crippen molar-refractivity contribution >= 4 is 22.4 Å². The normalized spacial score (nSPS) is 19.3. The number of pyridine rings is 3. The van der Waals surface area contributed by atoms with E-state index in [1.807, 2.05) is 48.5 Å². The summed E-state index contributed by atoms with van der Waals surface area (Å²) in [6, 6.07) is 7.92. The smallest absolute Gasteiger partial charge is 0.169 e. The van der Waals surface area contributed by atoms with Crippen molar-refractivity contribution in [3.8, 4) is 11.3 Å². The number of anilines is 1. The van der Waals surface area contributed by atoms with Crippen LogP contribution in [0.1, 0.15) is 53.8 Å². The number of Topliss-reactive ketones (excluding diaryl/α,β-unsaturated/α-hetero) is 1. The van der Waals surface area contributed by atoms with Crippen LogP contribution >= 0.6 is 0 Å². The molecule has 0 aromatic carbocycles. The van der Waals surface area contributed by atoms with Crippen LogP contribution in [0.4, 0.5) is 5.82 Å². The number of fused-ring (bicyclic) bond motifs is 1. The number of piperidine rings is 2. The molecule has 7 rings (SSSR count). The van der Waals surface area contributed by atoms with Gasteiger partial charge in [-0.3, -0.25) is 24.3 Å². The van der Waals surface area contributed by atoms with Gasteiger partial charge in [-0.05, 0) is 88.6 Å². The van der Waals surface area contributed by atoms with Gasteiger partial charge in [0.25, 0.3) is 0 Å². The van der Waals surface area contributed by atoms with Crippen molar-refractivity contribution in [3.63, 3.8) is 0 Å². The lowest BCUT2D eigenvalue weighted by molar-refractivity contribution is 0.0900. The number of rotatable bonds is 7. The monoisotopic (exact) mass is 564 g/mol. The highest BCUT2D eigenvalue weighted by Crippen LogP contribution is 2.42. The van der Waals surface area contributed by atoms with Crippen LogP contribution in [-0.2, 0) is 20.0 Å². The Kier molecular flexibility index (Phi) is 7.23. The molecule has 3 saturated heterocycles. The van der Waals surface area contributed by atoms with E-state index in [4.69, 9.17) is 4.98 Å². The first kappa shape index (κ1) is 27.2. The minimum Gasteiger partial charge on any atom is -0.355 e. The molecule has 42 heavy (non-hydrogen) atoms. The molecule has 0 atom stereocenters. The third-order valence-corrected chi connectivity index (χ3v) is 9.65. The molecular weight excluding hydrogens is 524 g/mol. The highest BCUT2D eigenvalue weighted by molar-refractivity contribution is 5.98. The molecule has 9 nitrogen and oxygen atoms in total. The van der Waals surface area contributed by atoms with Gasteiger partial charge in [0.1, 0.15) is 5.82 Å². The summed E-state index contributed by atoms with van der Waals surface area (Å²) in [6.45, 7) is 7.54. The van der Waals surface area contributed by atoms with Crippen molar-refractivity contribution in [2.45, 2.75) is 45.1 Å². The number of aromatic nitrogens is 5. The molecule has 0 saturated carbocycles. The molecule has 0 aliphatic carbocycles. The first-order valence-corrected chi connectivity index (χ1v) is 15.4. The van der Waals surface area contributed by atoms with Crippen LogP contribution in [0, 0.1) is 5.41 Å². The summed E-state index contributed by atoms with van der Waals surface area (Å²) in [5.74, 6) is 0.967. The number of carbonyl (C=O) groups is 1. The maximum Gasteiger partial charge on any atom is 0.169 e. The second-order valence-corrected chi connectivity index (χ2v) is 12.7. The summed E-state index contributed by atoms with van der Waals surface area (Å²) < 4.78 is 1.98. The van der Waals surface area contributed by atoms with Crippen LogP contribution in [0.15, 0.2) is 49.1 Å².